The molecule has 2 N–H and O–H groups in total. The van der Waals surface area contributed by atoms with E-state index < -0.39 is 5.60 Å². The SMILES string of the molecule is CC(C)(C)c1ccc(CCCCC(=O)NCC2(O)CCOCC2)cc1. The molecule has 1 aliphatic rings. The fourth-order valence-electron chi connectivity index (χ4n) is 3.07. The van der Waals surface area contributed by atoms with Gasteiger partial charge in [0.05, 0.1) is 5.60 Å². The molecule has 1 aromatic carbocycles. The maximum atomic E-state index is 11.9. The second kappa shape index (κ2) is 8.81. The highest BCUT2D eigenvalue weighted by Gasteiger charge is 2.29. The summed E-state index contributed by atoms with van der Waals surface area (Å²) in [5.74, 6) is 0.0306. The van der Waals surface area contributed by atoms with Crippen LogP contribution in [0.5, 0.6) is 0 Å². The summed E-state index contributed by atoms with van der Waals surface area (Å²) < 4.78 is 5.25. The predicted octanol–water partition coefficient (Wildman–Crippen LogP) is 3.35. The summed E-state index contributed by atoms with van der Waals surface area (Å²) >= 11 is 0. The Labute approximate surface area is 152 Å². The fourth-order valence-corrected chi connectivity index (χ4v) is 3.07. The smallest absolute Gasteiger partial charge is 0.220 e. The molecule has 25 heavy (non-hydrogen) atoms. The van der Waals surface area contributed by atoms with Gasteiger partial charge in [0.1, 0.15) is 0 Å². The number of carbonyl (C=O) groups excluding carboxylic acids is 1. The van der Waals surface area contributed by atoms with Crippen LogP contribution in [-0.2, 0) is 21.4 Å². The lowest BCUT2D eigenvalue weighted by atomic mass is 9.86. The summed E-state index contributed by atoms with van der Waals surface area (Å²) in [5.41, 5.74) is 2.07. The van der Waals surface area contributed by atoms with Crippen molar-refractivity contribution < 1.29 is 14.6 Å². The van der Waals surface area contributed by atoms with Gasteiger partial charge in [0.15, 0.2) is 0 Å². The monoisotopic (exact) mass is 347 g/mol. The fraction of sp³-hybridized carbons (Fsp3) is 0.667. The maximum Gasteiger partial charge on any atom is 0.220 e. The molecule has 4 heteroatoms. The van der Waals surface area contributed by atoms with Crippen LogP contribution in [0.2, 0.25) is 0 Å². The third-order valence-corrected chi connectivity index (χ3v) is 4.98. The van der Waals surface area contributed by atoms with Crippen LogP contribution < -0.4 is 5.32 Å². The Hall–Kier alpha value is -1.39. The Morgan fingerprint density at radius 1 is 1.16 bits per heavy atom. The normalized spacial score (nSPS) is 17.3. The number of benzene rings is 1. The van der Waals surface area contributed by atoms with E-state index in [9.17, 15) is 9.90 Å². The van der Waals surface area contributed by atoms with Gasteiger partial charge in [-0.15, -0.1) is 0 Å². The van der Waals surface area contributed by atoms with Crippen LogP contribution in [0, 0.1) is 0 Å². The van der Waals surface area contributed by atoms with Gasteiger partial charge in [0, 0.05) is 39.0 Å². The standard InChI is InChI=1S/C21H33NO3/c1-20(2,3)18-10-8-17(9-11-18)6-4-5-7-19(23)22-16-21(24)12-14-25-15-13-21/h8-11,24H,4-7,12-16H2,1-3H3,(H,22,23). The molecule has 1 fully saturated rings. The minimum absolute atomic E-state index is 0.0306. The van der Waals surface area contributed by atoms with Crippen molar-refractivity contribution in [3.8, 4) is 0 Å². The van der Waals surface area contributed by atoms with Crippen LogP contribution in [0.15, 0.2) is 24.3 Å². The van der Waals surface area contributed by atoms with E-state index in [1.165, 1.54) is 11.1 Å². The van der Waals surface area contributed by atoms with E-state index in [0.717, 1.165) is 19.3 Å². The highest BCUT2D eigenvalue weighted by atomic mass is 16.5. The van der Waals surface area contributed by atoms with E-state index in [-0.39, 0.29) is 11.3 Å². The number of hydrogen-bond acceptors (Lipinski definition) is 3. The molecule has 0 unspecified atom stereocenters. The van der Waals surface area contributed by atoms with Crippen LogP contribution in [0.3, 0.4) is 0 Å². The van der Waals surface area contributed by atoms with Gasteiger partial charge in [0.2, 0.25) is 5.91 Å². The molecule has 0 saturated carbocycles. The molecular weight excluding hydrogens is 314 g/mol. The molecule has 2 rings (SSSR count). The first-order valence-corrected chi connectivity index (χ1v) is 9.45. The zero-order valence-electron chi connectivity index (χ0n) is 15.9. The van der Waals surface area contributed by atoms with Gasteiger partial charge in [0.25, 0.3) is 0 Å². The number of carbonyl (C=O) groups is 1. The third-order valence-electron chi connectivity index (χ3n) is 4.98. The number of rotatable bonds is 7. The number of aryl methyl sites for hydroxylation is 1. The van der Waals surface area contributed by atoms with Crippen molar-refractivity contribution in [1.82, 2.24) is 5.32 Å². The summed E-state index contributed by atoms with van der Waals surface area (Å²) in [5, 5.41) is 13.2. The first-order chi connectivity index (χ1) is 11.8. The first-order valence-electron chi connectivity index (χ1n) is 9.45. The molecule has 1 saturated heterocycles. The van der Waals surface area contributed by atoms with Crippen molar-refractivity contribution in [1.29, 1.82) is 0 Å². The van der Waals surface area contributed by atoms with Crippen molar-refractivity contribution in [3.63, 3.8) is 0 Å². The van der Waals surface area contributed by atoms with Gasteiger partial charge in [-0.2, -0.15) is 0 Å². The van der Waals surface area contributed by atoms with Crippen LogP contribution in [0.1, 0.15) is 64.0 Å². The molecule has 4 nitrogen and oxygen atoms in total. The topological polar surface area (TPSA) is 58.6 Å². The predicted molar refractivity (Wildman–Crippen MR) is 101 cm³/mol. The Morgan fingerprint density at radius 3 is 2.40 bits per heavy atom. The number of nitrogens with one attached hydrogen (secondary N) is 1. The van der Waals surface area contributed by atoms with Gasteiger partial charge < -0.3 is 15.2 Å². The molecule has 0 atom stereocenters. The van der Waals surface area contributed by atoms with Crippen LogP contribution in [0.4, 0.5) is 0 Å². The molecule has 1 aromatic rings. The average Bonchev–Trinajstić information content (AvgIpc) is 2.57. The van der Waals surface area contributed by atoms with E-state index in [4.69, 9.17) is 4.74 Å². The van der Waals surface area contributed by atoms with Crippen LogP contribution in [0.25, 0.3) is 0 Å². The summed E-state index contributed by atoms with van der Waals surface area (Å²) in [6.45, 7) is 8.14. The van der Waals surface area contributed by atoms with Crippen molar-refractivity contribution >= 4 is 5.91 Å². The van der Waals surface area contributed by atoms with Crippen LogP contribution in [-0.4, -0.2) is 36.4 Å². The minimum atomic E-state index is -0.789. The largest absolute Gasteiger partial charge is 0.388 e. The summed E-state index contributed by atoms with van der Waals surface area (Å²) in [6.07, 6.45) is 4.58. The van der Waals surface area contributed by atoms with Crippen molar-refractivity contribution in [3.05, 3.63) is 35.4 Å². The lowest BCUT2D eigenvalue weighted by Gasteiger charge is -2.32. The second-order valence-electron chi connectivity index (χ2n) is 8.27. The molecule has 140 valence electrons. The van der Waals surface area contributed by atoms with Crippen molar-refractivity contribution in [2.75, 3.05) is 19.8 Å². The van der Waals surface area contributed by atoms with Gasteiger partial charge >= 0.3 is 0 Å². The average molecular weight is 347 g/mol. The maximum absolute atomic E-state index is 11.9. The first kappa shape index (κ1) is 19.9. The molecule has 1 amide bonds. The molecule has 0 bridgehead atoms. The highest BCUT2D eigenvalue weighted by Crippen LogP contribution is 2.22. The van der Waals surface area contributed by atoms with E-state index in [1.807, 2.05) is 0 Å². The zero-order valence-corrected chi connectivity index (χ0v) is 15.9. The highest BCUT2D eigenvalue weighted by molar-refractivity contribution is 5.75. The Morgan fingerprint density at radius 2 is 1.80 bits per heavy atom. The van der Waals surface area contributed by atoms with E-state index in [2.05, 4.69) is 50.4 Å². The van der Waals surface area contributed by atoms with Gasteiger partial charge in [-0.25, -0.2) is 0 Å². The third kappa shape index (κ3) is 6.79. The minimum Gasteiger partial charge on any atom is -0.388 e. The molecule has 1 heterocycles. The Kier molecular flexibility index (Phi) is 7.03. The summed E-state index contributed by atoms with van der Waals surface area (Å²) in [6, 6.07) is 8.80. The number of ether oxygens (including phenoxy) is 1. The Bertz CT molecular complexity index is 539. The van der Waals surface area contributed by atoms with E-state index in [0.29, 0.717) is 39.0 Å². The quantitative estimate of drug-likeness (QED) is 0.744. The molecule has 0 aromatic heterocycles. The summed E-state index contributed by atoms with van der Waals surface area (Å²) in [4.78, 5) is 11.9. The van der Waals surface area contributed by atoms with Crippen molar-refractivity contribution in [2.45, 2.75) is 70.3 Å². The van der Waals surface area contributed by atoms with Gasteiger partial charge in [-0.3, -0.25) is 4.79 Å². The number of unbranched alkanes of at least 4 members (excludes halogenated alkanes) is 1. The van der Waals surface area contributed by atoms with Crippen molar-refractivity contribution in [2.24, 2.45) is 0 Å². The molecular formula is C21H33NO3. The van der Waals surface area contributed by atoms with E-state index in [1.54, 1.807) is 0 Å². The molecule has 1 aliphatic heterocycles. The number of aliphatic hydroxyl groups is 1. The second-order valence-corrected chi connectivity index (χ2v) is 8.27. The van der Waals surface area contributed by atoms with E-state index >= 15 is 0 Å². The molecule has 0 radical (unpaired) electrons. The Balaban J connectivity index is 1.63. The molecule has 0 spiro atoms. The van der Waals surface area contributed by atoms with Gasteiger partial charge in [-0.1, -0.05) is 45.0 Å². The lowest BCUT2D eigenvalue weighted by Crippen LogP contribution is -2.46. The summed E-state index contributed by atoms with van der Waals surface area (Å²) in [7, 11) is 0. The van der Waals surface area contributed by atoms with Gasteiger partial charge in [-0.05, 0) is 35.8 Å². The number of amides is 1. The van der Waals surface area contributed by atoms with Crippen LogP contribution >= 0.6 is 0 Å². The lowest BCUT2D eigenvalue weighted by molar-refractivity contribution is -0.124. The molecule has 0 aliphatic carbocycles. The zero-order chi connectivity index (χ0) is 18.3. The number of hydrogen-bond donors (Lipinski definition) is 2.